The quantitative estimate of drug-likeness (QED) is 0.559. The number of anilines is 1. The van der Waals surface area contributed by atoms with E-state index < -0.39 is 5.92 Å². The maximum absolute atomic E-state index is 12.8. The minimum Gasteiger partial charge on any atom is -0.497 e. The summed E-state index contributed by atoms with van der Waals surface area (Å²) in [7, 11) is 1.58. The summed E-state index contributed by atoms with van der Waals surface area (Å²) in [5.41, 5.74) is 0.526. The number of rotatable bonds is 8. The van der Waals surface area contributed by atoms with Gasteiger partial charge in [-0.2, -0.15) is 0 Å². The van der Waals surface area contributed by atoms with Crippen LogP contribution in [0.3, 0.4) is 0 Å². The van der Waals surface area contributed by atoms with Crippen molar-refractivity contribution in [2.75, 3.05) is 25.1 Å². The van der Waals surface area contributed by atoms with Crippen LogP contribution in [0, 0.1) is 5.92 Å². The summed E-state index contributed by atoms with van der Waals surface area (Å²) in [4.78, 5) is 39.6. The van der Waals surface area contributed by atoms with Gasteiger partial charge in [-0.15, -0.1) is 5.10 Å². The SMILES string of the molecule is COc1ccc(N2CC(C(=O)NCCn3nc(-c4ccco4)n(C4CC4)c3=O)CC2=O)cc1. The number of nitrogens with one attached hydrogen (secondary N) is 1. The molecule has 0 bridgehead atoms. The summed E-state index contributed by atoms with van der Waals surface area (Å²) in [6, 6.07) is 10.9. The summed E-state index contributed by atoms with van der Waals surface area (Å²) in [5, 5.41) is 7.28. The highest BCUT2D eigenvalue weighted by atomic mass is 16.5. The summed E-state index contributed by atoms with van der Waals surface area (Å²) >= 11 is 0. The largest absolute Gasteiger partial charge is 0.497 e. The van der Waals surface area contributed by atoms with Gasteiger partial charge >= 0.3 is 5.69 Å². The molecule has 1 aromatic carbocycles. The third-order valence-electron chi connectivity index (χ3n) is 6.03. The van der Waals surface area contributed by atoms with Crippen molar-refractivity contribution in [3.63, 3.8) is 0 Å². The van der Waals surface area contributed by atoms with Crippen LogP contribution in [-0.2, 0) is 16.1 Å². The van der Waals surface area contributed by atoms with Crippen LogP contribution in [0.4, 0.5) is 5.69 Å². The molecule has 2 aliphatic rings. The van der Waals surface area contributed by atoms with E-state index in [1.807, 2.05) is 0 Å². The number of carbonyl (C=O) groups excluding carboxylic acids is 2. The van der Waals surface area contributed by atoms with Crippen LogP contribution >= 0.6 is 0 Å². The van der Waals surface area contributed by atoms with E-state index in [-0.39, 0.29) is 43.1 Å². The van der Waals surface area contributed by atoms with Gasteiger partial charge in [0, 0.05) is 31.2 Å². The number of nitrogens with zero attached hydrogens (tertiary/aromatic N) is 4. The topological polar surface area (TPSA) is 112 Å². The van der Waals surface area contributed by atoms with Gasteiger partial charge < -0.3 is 19.4 Å². The van der Waals surface area contributed by atoms with E-state index in [9.17, 15) is 14.4 Å². The lowest BCUT2D eigenvalue weighted by atomic mass is 10.1. The second-order valence-electron chi connectivity index (χ2n) is 8.30. The lowest BCUT2D eigenvalue weighted by molar-refractivity contribution is -0.126. The zero-order chi connectivity index (χ0) is 22.9. The lowest BCUT2D eigenvalue weighted by Crippen LogP contribution is -2.36. The molecule has 1 unspecified atom stereocenters. The first-order valence-electron chi connectivity index (χ1n) is 11.0. The number of methoxy groups -OCH3 is 1. The highest BCUT2D eigenvalue weighted by Crippen LogP contribution is 2.36. The first-order chi connectivity index (χ1) is 16.0. The smallest absolute Gasteiger partial charge is 0.346 e. The van der Waals surface area contributed by atoms with Crippen molar-refractivity contribution in [1.29, 1.82) is 0 Å². The number of furan rings is 1. The van der Waals surface area contributed by atoms with Crippen molar-refractivity contribution in [1.82, 2.24) is 19.7 Å². The predicted octanol–water partition coefficient (Wildman–Crippen LogP) is 1.82. The van der Waals surface area contributed by atoms with E-state index in [4.69, 9.17) is 9.15 Å². The first-order valence-corrected chi connectivity index (χ1v) is 11.0. The fourth-order valence-corrected chi connectivity index (χ4v) is 4.13. The van der Waals surface area contributed by atoms with E-state index in [1.54, 1.807) is 59.2 Å². The third kappa shape index (κ3) is 4.15. The standard InChI is InChI=1S/C23H25N5O5/c1-32-18-8-6-16(7-9-18)26-14-15(13-20(26)29)22(30)24-10-11-27-23(31)28(17-4-5-17)21(25-27)19-3-2-12-33-19/h2-3,6-9,12,15,17H,4-5,10-11,13-14H2,1H3,(H,24,30). The molecule has 3 heterocycles. The average molecular weight is 451 g/mol. The number of benzene rings is 1. The van der Waals surface area contributed by atoms with Gasteiger partial charge in [-0.25, -0.2) is 9.48 Å². The molecule has 33 heavy (non-hydrogen) atoms. The Morgan fingerprint density at radius 1 is 1.21 bits per heavy atom. The molecule has 1 saturated carbocycles. The third-order valence-corrected chi connectivity index (χ3v) is 6.03. The van der Waals surface area contributed by atoms with Gasteiger partial charge in [0.05, 0.1) is 25.8 Å². The van der Waals surface area contributed by atoms with Crippen molar-refractivity contribution in [2.45, 2.75) is 31.8 Å². The van der Waals surface area contributed by atoms with Crippen LogP contribution < -0.4 is 20.6 Å². The summed E-state index contributed by atoms with van der Waals surface area (Å²) in [6.07, 6.45) is 3.58. The lowest BCUT2D eigenvalue weighted by Gasteiger charge is -2.17. The van der Waals surface area contributed by atoms with Crippen molar-refractivity contribution >= 4 is 17.5 Å². The molecular weight excluding hydrogens is 426 g/mol. The van der Waals surface area contributed by atoms with Crippen LogP contribution in [0.25, 0.3) is 11.6 Å². The molecule has 1 atom stereocenters. The second kappa shape index (κ2) is 8.61. The van der Waals surface area contributed by atoms with Gasteiger partial charge in [0.1, 0.15) is 5.75 Å². The Labute approximate surface area is 189 Å². The van der Waals surface area contributed by atoms with Gasteiger partial charge in [0.25, 0.3) is 0 Å². The van der Waals surface area contributed by atoms with Gasteiger partial charge in [0.2, 0.25) is 17.6 Å². The van der Waals surface area contributed by atoms with Gasteiger partial charge in [-0.05, 0) is 49.2 Å². The minimum absolute atomic E-state index is 0.0946. The average Bonchev–Trinajstić information content (AvgIpc) is 3.21. The van der Waals surface area contributed by atoms with Crippen LogP contribution in [-0.4, -0.2) is 46.4 Å². The monoisotopic (exact) mass is 451 g/mol. The van der Waals surface area contributed by atoms with E-state index in [1.165, 1.54) is 4.68 Å². The molecule has 0 radical (unpaired) electrons. The Hall–Kier alpha value is -3.82. The molecular formula is C23H25N5O5. The highest BCUT2D eigenvalue weighted by Gasteiger charge is 2.35. The number of carbonyl (C=O) groups is 2. The molecule has 10 nitrogen and oxygen atoms in total. The Kier molecular flexibility index (Phi) is 5.49. The number of aromatic nitrogens is 3. The molecule has 1 aliphatic heterocycles. The van der Waals surface area contributed by atoms with Crippen molar-refractivity contribution in [2.24, 2.45) is 5.92 Å². The maximum atomic E-state index is 12.8. The molecule has 3 aromatic rings. The molecule has 1 saturated heterocycles. The first kappa shape index (κ1) is 21.0. The van der Waals surface area contributed by atoms with E-state index in [0.717, 1.165) is 18.5 Å². The summed E-state index contributed by atoms with van der Waals surface area (Å²) < 4.78 is 13.6. The number of ether oxygens (including phenoxy) is 1. The second-order valence-corrected chi connectivity index (χ2v) is 8.30. The Morgan fingerprint density at radius 2 is 2.00 bits per heavy atom. The number of hydrogen-bond acceptors (Lipinski definition) is 6. The highest BCUT2D eigenvalue weighted by molar-refractivity contribution is 6.00. The fourth-order valence-electron chi connectivity index (χ4n) is 4.13. The van der Waals surface area contributed by atoms with E-state index >= 15 is 0 Å². The van der Waals surface area contributed by atoms with Crippen LogP contribution in [0.5, 0.6) is 5.75 Å². The predicted molar refractivity (Wildman–Crippen MR) is 119 cm³/mol. The van der Waals surface area contributed by atoms with Gasteiger partial charge in [-0.3, -0.25) is 14.2 Å². The molecule has 1 aliphatic carbocycles. The number of amides is 2. The molecule has 2 amide bonds. The zero-order valence-corrected chi connectivity index (χ0v) is 18.3. The molecule has 172 valence electrons. The molecule has 2 aromatic heterocycles. The minimum atomic E-state index is -0.445. The molecule has 5 rings (SSSR count). The normalized spacial score (nSPS) is 18.0. The van der Waals surface area contributed by atoms with Crippen LogP contribution in [0.1, 0.15) is 25.3 Å². The zero-order valence-electron chi connectivity index (χ0n) is 18.3. The van der Waals surface area contributed by atoms with Crippen molar-refractivity contribution < 1.29 is 18.7 Å². The molecule has 1 N–H and O–H groups in total. The summed E-state index contributed by atoms with van der Waals surface area (Å²) in [6.45, 7) is 0.794. The van der Waals surface area contributed by atoms with E-state index in [0.29, 0.717) is 23.9 Å². The van der Waals surface area contributed by atoms with Gasteiger partial charge in [-0.1, -0.05) is 0 Å². The van der Waals surface area contributed by atoms with Crippen molar-refractivity contribution in [3.8, 4) is 17.3 Å². The molecule has 0 spiro atoms. The van der Waals surface area contributed by atoms with Crippen LogP contribution in [0.2, 0.25) is 0 Å². The maximum Gasteiger partial charge on any atom is 0.346 e. The Bertz CT molecular complexity index is 1210. The fraction of sp³-hybridized carbons (Fsp3) is 0.391. The Morgan fingerprint density at radius 3 is 2.67 bits per heavy atom. The van der Waals surface area contributed by atoms with Crippen LogP contribution in [0.15, 0.2) is 51.9 Å². The Balaban J connectivity index is 1.20. The number of hydrogen-bond donors (Lipinski definition) is 1. The van der Waals surface area contributed by atoms with Crippen molar-refractivity contribution in [3.05, 3.63) is 53.1 Å². The van der Waals surface area contributed by atoms with E-state index in [2.05, 4.69) is 10.4 Å². The van der Waals surface area contributed by atoms with Gasteiger partial charge in [0.15, 0.2) is 5.76 Å². The molecule has 10 heteroatoms. The molecule has 2 fully saturated rings. The summed E-state index contributed by atoms with van der Waals surface area (Å²) in [5.74, 6) is 1.01.